The first kappa shape index (κ1) is 22.9. The van der Waals surface area contributed by atoms with Gasteiger partial charge in [-0.15, -0.1) is 0 Å². The lowest BCUT2D eigenvalue weighted by Gasteiger charge is -2.43. The molecule has 2 heterocycles. The van der Waals surface area contributed by atoms with Crippen molar-refractivity contribution in [3.63, 3.8) is 0 Å². The Balaban J connectivity index is 1.60. The lowest BCUT2D eigenvalue weighted by atomic mass is 9.87. The number of furan rings is 1. The first-order valence-corrected chi connectivity index (χ1v) is 11.3. The summed E-state index contributed by atoms with van der Waals surface area (Å²) in [6.07, 6.45) is 4.92. The minimum atomic E-state index is -0.442. The summed E-state index contributed by atoms with van der Waals surface area (Å²) in [5.41, 5.74) is 7.28. The number of methoxy groups -OCH3 is 1. The third-order valence-electron chi connectivity index (χ3n) is 5.85. The van der Waals surface area contributed by atoms with Gasteiger partial charge in [0.25, 0.3) is 0 Å². The van der Waals surface area contributed by atoms with Crippen LogP contribution < -0.4 is 15.1 Å². The number of carbonyl (C=O) groups is 1. The van der Waals surface area contributed by atoms with Gasteiger partial charge in [0.05, 0.1) is 18.9 Å². The highest BCUT2D eigenvalue weighted by molar-refractivity contribution is 6.31. The first-order valence-electron chi connectivity index (χ1n) is 11.0. The van der Waals surface area contributed by atoms with E-state index in [2.05, 4.69) is 61.3 Å². The highest BCUT2D eigenvalue weighted by atomic mass is 35.5. The number of carbonyl (C=O) groups excluding carboxylic acids is 1. The predicted molar refractivity (Wildman–Crippen MR) is 135 cm³/mol. The third-order valence-corrected chi connectivity index (χ3v) is 6.08. The molecule has 3 aromatic rings. The summed E-state index contributed by atoms with van der Waals surface area (Å²) in [5, 5.41) is 5.49. The van der Waals surface area contributed by atoms with Gasteiger partial charge in [0, 0.05) is 39.8 Å². The molecule has 0 aliphatic carbocycles. The van der Waals surface area contributed by atoms with Crippen molar-refractivity contribution in [3.8, 4) is 5.75 Å². The van der Waals surface area contributed by atoms with Gasteiger partial charge in [-0.2, -0.15) is 5.10 Å². The van der Waals surface area contributed by atoms with Gasteiger partial charge in [-0.25, -0.2) is 5.43 Å². The van der Waals surface area contributed by atoms with E-state index in [4.69, 9.17) is 20.8 Å². The van der Waals surface area contributed by atoms with Crippen molar-refractivity contribution in [3.05, 3.63) is 64.4 Å². The zero-order valence-electron chi connectivity index (χ0n) is 19.5. The van der Waals surface area contributed by atoms with E-state index in [1.165, 1.54) is 5.57 Å². The maximum atomic E-state index is 12.5. The molecule has 0 atom stereocenters. The van der Waals surface area contributed by atoms with Gasteiger partial charge in [-0.1, -0.05) is 24.6 Å². The summed E-state index contributed by atoms with van der Waals surface area (Å²) in [7, 11) is 1.64. The van der Waals surface area contributed by atoms with Crippen LogP contribution in [0.1, 0.15) is 55.8 Å². The van der Waals surface area contributed by atoms with Gasteiger partial charge >= 0.3 is 5.91 Å². The number of halogens is 1. The molecule has 7 heteroatoms. The summed E-state index contributed by atoms with van der Waals surface area (Å²) >= 11 is 6.01. The van der Waals surface area contributed by atoms with Crippen molar-refractivity contribution in [1.82, 2.24) is 5.43 Å². The number of anilines is 1. The number of hydrazone groups is 1. The molecule has 33 heavy (non-hydrogen) atoms. The first-order chi connectivity index (χ1) is 15.7. The fourth-order valence-corrected chi connectivity index (χ4v) is 4.55. The lowest BCUT2D eigenvalue weighted by Crippen LogP contribution is -2.45. The molecular formula is C26H28ClN3O3. The molecule has 172 valence electrons. The zero-order valence-corrected chi connectivity index (χ0v) is 20.3. The molecule has 0 unspecified atom stereocenters. The van der Waals surface area contributed by atoms with Crippen LogP contribution >= 0.6 is 11.6 Å². The number of allylic oxidation sites excluding steroid dienone is 1. The number of hydrogen-bond donors (Lipinski definition) is 1. The molecule has 0 saturated heterocycles. The summed E-state index contributed by atoms with van der Waals surface area (Å²) in [6, 6.07) is 10.9. The van der Waals surface area contributed by atoms with Crippen molar-refractivity contribution in [2.45, 2.75) is 39.7 Å². The van der Waals surface area contributed by atoms with E-state index in [0.717, 1.165) is 35.2 Å². The van der Waals surface area contributed by atoms with Crippen LogP contribution in [0.4, 0.5) is 5.69 Å². The number of ether oxygens (including phenoxy) is 1. The van der Waals surface area contributed by atoms with E-state index < -0.39 is 5.91 Å². The fraction of sp³-hybridized carbons (Fsp3) is 0.308. The van der Waals surface area contributed by atoms with Gasteiger partial charge in [-0.3, -0.25) is 4.79 Å². The Bertz CT molecular complexity index is 1270. The van der Waals surface area contributed by atoms with E-state index in [1.807, 2.05) is 0 Å². The van der Waals surface area contributed by atoms with Crippen LogP contribution in [0.25, 0.3) is 16.5 Å². The smallest absolute Gasteiger partial charge is 0.307 e. The van der Waals surface area contributed by atoms with Crippen molar-refractivity contribution in [2.75, 3.05) is 18.6 Å². The summed E-state index contributed by atoms with van der Waals surface area (Å²) in [5.74, 6) is 0.414. The van der Waals surface area contributed by atoms with Gasteiger partial charge in [0.15, 0.2) is 5.76 Å². The van der Waals surface area contributed by atoms with E-state index in [1.54, 1.807) is 37.6 Å². The molecule has 0 spiro atoms. The number of rotatable bonds is 6. The fourth-order valence-electron chi connectivity index (χ4n) is 4.37. The minimum absolute atomic E-state index is 0.0848. The van der Waals surface area contributed by atoms with Crippen LogP contribution in [0.3, 0.4) is 0 Å². The van der Waals surface area contributed by atoms with Crippen LogP contribution in [-0.2, 0) is 0 Å². The van der Waals surface area contributed by atoms with Crippen LogP contribution in [0.2, 0.25) is 5.02 Å². The Hall–Kier alpha value is -3.25. The Morgan fingerprint density at radius 3 is 2.79 bits per heavy atom. The quantitative estimate of drug-likeness (QED) is 0.344. The molecule has 1 aliphatic rings. The Morgan fingerprint density at radius 1 is 1.27 bits per heavy atom. The SMILES string of the molecule is CCCN1c2cc(OC)c(/C=N\NC(=O)c3cc4cc(Cl)ccc4o3)cc2C(C)=CC1(C)C. The second-order valence-electron chi connectivity index (χ2n) is 8.74. The van der Waals surface area contributed by atoms with E-state index in [9.17, 15) is 4.79 Å². The summed E-state index contributed by atoms with van der Waals surface area (Å²) in [6.45, 7) is 9.68. The maximum absolute atomic E-state index is 12.5. The maximum Gasteiger partial charge on any atom is 0.307 e. The van der Waals surface area contributed by atoms with E-state index in [-0.39, 0.29) is 11.3 Å². The molecule has 6 nitrogen and oxygen atoms in total. The highest BCUT2D eigenvalue weighted by Crippen LogP contribution is 2.41. The normalized spacial score (nSPS) is 15.0. The number of nitrogens with one attached hydrogen (secondary N) is 1. The van der Waals surface area contributed by atoms with Crippen molar-refractivity contribution in [1.29, 1.82) is 0 Å². The van der Waals surface area contributed by atoms with Gasteiger partial charge < -0.3 is 14.1 Å². The van der Waals surface area contributed by atoms with Crippen molar-refractivity contribution in [2.24, 2.45) is 5.10 Å². The number of benzene rings is 2. The van der Waals surface area contributed by atoms with Crippen LogP contribution in [-0.4, -0.2) is 31.3 Å². The van der Waals surface area contributed by atoms with Crippen LogP contribution in [0.15, 0.2) is 52.0 Å². The Morgan fingerprint density at radius 2 is 2.06 bits per heavy atom. The number of fused-ring (bicyclic) bond motifs is 2. The molecule has 1 aromatic heterocycles. The highest BCUT2D eigenvalue weighted by Gasteiger charge is 2.31. The second-order valence-corrected chi connectivity index (χ2v) is 9.17. The largest absolute Gasteiger partial charge is 0.496 e. The average molecular weight is 466 g/mol. The van der Waals surface area contributed by atoms with Crippen LogP contribution in [0.5, 0.6) is 5.75 Å². The molecule has 0 saturated carbocycles. The summed E-state index contributed by atoms with van der Waals surface area (Å²) < 4.78 is 11.2. The molecule has 0 fully saturated rings. The van der Waals surface area contributed by atoms with E-state index >= 15 is 0 Å². The predicted octanol–water partition coefficient (Wildman–Crippen LogP) is 6.27. The lowest BCUT2D eigenvalue weighted by molar-refractivity contribution is 0.0929. The van der Waals surface area contributed by atoms with Crippen LogP contribution in [0, 0.1) is 0 Å². The zero-order chi connectivity index (χ0) is 23.8. The molecule has 0 radical (unpaired) electrons. The molecule has 4 rings (SSSR count). The van der Waals surface area contributed by atoms with Gasteiger partial charge in [0.1, 0.15) is 11.3 Å². The number of hydrogen-bond acceptors (Lipinski definition) is 5. The molecular weight excluding hydrogens is 438 g/mol. The molecule has 1 amide bonds. The summed E-state index contributed by atoms with van der Waals surface area (Å²) in [4.78, 5) is 14.9. The minimum Gasteiger partial charge on any atom is -0.496 e. The number of nitrogens with zero attached hydrogens (tertiary/aromatic N) is 2. The molecule has 2 aromatic carbocycles. The van der Waals surface area contributed by atoms with E-state index in [0.29, 0.717) is 16.4 Å². The average Bonchev–Trinajstić information content (AvgIpc) is 3.19. The topological polar surface area (TPSA) is 67.1 Å². The van der Waals surface area contributed by atoms with Gasteiger partial charge in [0.2, 0.25) is 0 Å². The molecule has 1 aliphatic heterocycles. The molecule has 0 bridgehead atoms. The Labute approximate surface area is 198 Å². The number of amides is 1. The van der Waals surface area contributed by atoms with Crippen molar-refractivity contribution >= 4 is 46.0 Å². The van der Waals surface area contributed by atoms with Gasteiger partial charge in [-0.05, 0) is 63.1 Å². The second kappa shape index (κ2) is 8.94. The third kappa shape index (κ3) is 4.48. The van der Waals surface area contributed by atoms with Crippen molar-refractivity contribution < 1.29 is 13.9 Å². The monoisotopic (exact) mass is 465 g/mol. The Kier molecular flexibility index (Phi) is 6.21. The standard InChI is InChI=1S/C26H28ClN3O3/c1-6-9-30-21-13-23(32-5)18(11-20(21)16(2)14-26(30,3)4)15-28-29-25(31)24-12-17-10-19(27)7-8-22(17)33-24/h7-8,10-15H,6,9H2,1-5H3,(H,29,31)/b28-15-. The molecule has 1 N–H and O–H groups in total.